The molecule has 114 valence electrons. The monoisotopic (exact) mass is 289 g/mol. The van der Waals surface area contributed by atoms with Crippen LogP contribution < -0.4 is 10.6 Å². The summed E-state index contributed by atoms with van der Waals surface area (Å²) in [5.74, 6) is 0.227. The van der Waals surface area contributed by atoms with Gasteiger partial charge in [0.25, 0.3) is 0 Å². The van der Waals surface area contributed by atoms with Gasteiger partial charge < -0.3 is 15.5 Å². The van der Waals surface area contributed by atoms with Crippen LogP contribution in [0.15, 0.2) is 18.2 Å². The molecule has 0 bridgehead atoms. The molecule has 1 aliphatic rings. The van der Waals surface area contributed by atoms with Crippen LogP contribution in [0.1, 0.15) is 31.2 Å². The molecule has 0 fully saturated rings. The van der Waals surface area contributed by atoms with E-state index < -0.39 is 0 Å². The molecule has 1 aliphatic heterocycles. The SMILES string of the molecule is CN(C)C(=O)CCCN1C(=O)CCCc2cc(N)ccc21. The average molecular weight is 289 g/mol. The maximum atomic E-state index is 12.3. The zero-order chi connectivity index (χ0) is 15.4. The first kappa shape index (κ1) is 15.4. The molecule has 0 unspecified atom stereocenters. The molecule has 2 N–H and O–H groups in total. The van der Waals surface area contributed by atoms with Crippen molar-refractivity contribution in [3.05, 3.63) is 23.8 Å². The minimum Gasteiger partial charge on any atom is -0.399 e. The van der Waals surface area contributed by atoms with E-state index in [9.17, 15) is 9.59 Å². The Morgan fingerprint density at radius 3 is 2.81 bits per heavy atom. The number of nitrogen functional groups attached to an aromatic ring is 1. The Morgan fingerprint density at radius 1 is 1.33 bits per heavy atom. The van der Waals surface area contributed by atoms with Crippen LogP contribution in [-0.4, -0.2) is 37.4 Å². The van der Waals surface area contributed by atoms with E-state index in [0.717, 1.165) is 29.8 Å². The lowest BCUT2D eigenvalue weighted by Crippen LogP contribution is -2.32. The van der Waals surface area contributed by atoms with Gasteiger partial charge in [0.1, 0.15) is 0 Å². The smallest absolute Gasteiger partial charge is 0.226 e. The maximum Gasteiger partial charge on any atom is 0.226 e. The molecule has 0 radical (unpaired) electrons. The number of carbonyl (C=O) groups is 2. The molecule has 0 spiro atoms. The number of benzene rings is 1. The van der Waals surface area contributed by atoms with E-state index in [2.05, 4.69) is 0 Å². The Balaban J connectivity index is 2.10. The first-order valence-electron chi connectivity index (χ1n) is 7.38. The molecule has 1 heterocycles. The Bertz CT molecular complexity index is 540. The number of fused-ring (bicyclic) bond motifs is 1. The summed E-state index contributed by atoms with van der Waals surface area (Å²) in [6.07, 6.45) is 3.41. The molecule has 0 aromatic heterocycles. The van der Waals surface area contributed by atoms with Crippen molar-refractivity contribution >= 4 is 23.2 Å². The molecule has 0 atom stereocenters. The number of hydrogen-bond acceptors (Lipinski definition) is 3. The molecular weight excluding hydrogens is 266 g/mol. The van der Waals surface area contributed by atoms with Gasteiger partial charge in [-0.05, 0) is 43.0 Å². The van der Waals surface area contributed by atoms with Gasteiger partial charge >= 0.3 is 0 Å². The van der Waals surface area contributed by atoms with Gasteiger partial charge in [-0.2, -0.15) is 0 Å². The van der Waals surface area contributed by atoms with Crippen molar-refractivity contribution in [2.75, 3.05) is 31.3 Å². The third kappa shape index (κ3) is 3.74. The number of anilines is 2. The number of rotatable bonds is 4. The fourth-order valence-corrected chi connectivity index (χ4v) is 2.63. The zero-order valence-electron chi connectivity index (χ0n) is 12.8. The molecule has 1 aromatic carbocycles. The van der Waals surface area contributed by atoms with Crippen LogP contribution in [0.3, 0.4) is 0 Å². The van der Waals surface area contributed by atoms with Crippen molar-refractivity contribution < 1.29 is 9.59 Å². The van der Waals surface area contributed by atoms with Gasteiger partial charge in [-0.3, -0.25) is 9.59 Å². The fourth-order valence-electron chi connectivity index (χ4n) is 2.63. The molecule has 0 saturated heterocycles. The molecule has 5 heteroatoms. The van der Waals surface area contributed by atoms with Crippen LogP contribution in [0.4, 0.5) is 11.4 Å². The normalized spacial score (nSPS) is 14.6. The Morgan fingerprint density at radius 2 is 2.10 bits per heavy atom. The summed E-state index contributed by atoms with van der Waals surface area (Å²) in [7, 11) is 3.50. The summed E-state index contributed by atoms with van der Waals surface area (Å²) in [5, 5.41) is 0. The van der Waals surface area contributed by atoms with Crippen molar-refractivity contribution in [1.82, 2.24) is 4.90 Å². The second kappa shape index (κ2) is 6.61. The van der Waals surface area contributed by atoms with E-state index in [0.29, 0.717) is 25.8 Å². The van der Waals surface area contributed by atoms with Crippen LogP contribution in [0.2, 0.25) is 0 Å². The summed E-state index contributed by atoms with van der Waals surface area (Å²) < 4.78 is 0. The highest BCUT2D eigenvalue weighted by Gasteiger charge is 2.22. The molecule has 21 heavy (non-hydrogen) atoms. The van der Waals surface area contributed by atoms with E-state index in [1.807, 2.05) is 23.1 Å². The highest BCUT2D eigenvalue weighted by Crippen LogP contribution is 2.29. The summed E-state index contributed by atoms with van der Waals surface area (Å²) in [6, 6.07) is 5.70. The lowest BCUT2D eigenvalue weighted by Gasteiger charge is -2.23. The van der Waals surface area contributed by atoms with Gasteiger partial charge in [0.15, 0.2) is 0 Å². The first-order chi connectivity index (χ1) is 9.99. The van der Waals surface area contributed by atoms with Crippen LogP contribution >= 0.6 is 0 Å². The number of hydrogen-bond donors (Lipinski definition) is 1. The molecular formula is C16H23N3O2. The summed E-state index contributed by atoms with van der Waals surface area (Å²) >= 11 is 0. The molecule has 0 aliphatic carbocycles. The largest absolute Gasteiger partial charge is 0.399 e. The second-order valence-electron chi connectivity index (χ2n) is 5.68. The fraction of sp³-hybridized carbons (Fsp3) is 0.500. The molecule has 1 aromatic rings. The number of nitrogens with zero attached hydrogens (tertiary/aromatic N) is 2. The van der Waals surface area contributed by atoms with Crippen LogP contribution in [0.5, 0.6) is 0 Å². The minimum atomic E-state index is 0.0924. The molecule has 2 rings (SSSR count). The lowest BCUT2D eigenvalue weighted by atomic mass is 10.1. The highest BCUT2D eigenvalue weighted by molar-refractivity contribution is 5.95. The van der Waals surface area contributed by atoms with Crippen LogP contribution in [-0.2, 0) is 16.0 Å². The van der Waals surface area contributed by atoms with Crippen molar-refractivity contribution in [2.24, 2.45) is 0 Å². The van der Waals surface area contributed by atoms with Gasteiger partial charge in [-0.15, -0.1) is 0 Å². The van der Waals surface area contributed by atoms with E-state index in [-0.39, 0.29) is 11.8 Å². The Kier molecular flexibility index (Phi) is 4.83. The zero-order valence-corrected chi connectivity index (χ0v) is 12.8. The number of aryl methyl sites for hydroxylation is 1. The number of carbonyl (C=O) groups excluding carboxylic acids is 2. The van der Waals surface area contributed by atoms with Gasteiger partial charge in [0, 0.05) is 44.9 Å². The molecule has 5 nitrogen and oxygen atoms in total. The summed E-state index contributed by atoms with van der Waals surface area (Å²) in [4.78, 5) is 27.3. The predicted octanol–water partition coefficient (Wildman–Crippen LogP) is 1.81. The molecule has 2 amide bonds. The van der Waals surface area contributed by atoms with E-state index in [1.165, 1.54) is 0 Å². The third-order valence-electron chi connectivity index (χ3n) is 3.80. The van der Waals surface area contributed by atoms with Crippen molar-refractivity contribution in [1.29, 1.82) is 0 Å². The van der Waals surface area contributed by atoms with Gasteiger partial charge in [0.05, 0.1) is 0 Å². The van der Waals surface area contributed by atoms with E-state index in [1.54, 1.807) is 19.0 Å². The van der Waals surface area contributed by atoms with Crippen LogP contribution in [0.25, 0.3) is 0 Å². The second-order valence-corrected chi connectivity index (χ2v) is 5.68. The standard InChI is InChI=1S/C16H23N3O2/c1-18(2)15(20)7-4-10-19-14-9-8-13(17)11-12(14)5-3-6-16(19)21/h8-9,11H,3-7,10,17H2,1-2H3. The third-order valence-corrected chi connectivity index (χ3v) is 3.80. The number of amides is 2. The van der Waals surface area contributed by atoms with Gasteiger partial charge in [0.2, 0.25) is 11.8 Å². The number of nitrogens with two attached hydrogens (primary N) is 1. The predicted molar refractivity (Wildman–Crippen MR) is 84.1 cm³/mol. The minimum absolute atomic E-state index is 0.0924. The topological polar surface area (TPSA) is 66.6 Å². The van der Waals surface area contributed by atoms with Crippen molar-refractivity contribution in [3.8, 4) is 0 Å². The van der Waals surface area contributed by atoms with Crippen molar-refractivity contribution in [2.45, 2.75) is 32.1 Å². The Hall–Kier alpha value is -2.04. The maximum absolute atomic E-state index is 12.3. The molecule has 0 saturated carbocycles. The highest BCUT2D eigenvalue weighted by atomic mass is 16.2. The summed E-state index contributed by atoms with van der Waals surface area (Å²) in [5.41, 5.74) is 8.63. The van der Waals surface area contributed by atoms with Crippen LogP contribution in [0, 0.1) is 0 Å². The van der Waals surface area contributed by atoms with E-state index >= 15 is 0 Å². The van der Waals surface area contributed by atoms with Gasteiger partial charge in [-0.25, -0.2) is 0 Å². The first-order valence-corrected chi connectivity index (χ1v) is 7.38. The summed E-state index contributed by atoms with van der Waals surface area (Å²) in [6.45, 7) is 0.579. The van der Waals surface area contributed by atoms with Crippen molar-refractivity contribution in [3.63, 3.8) is 0 Å². The van der Waals surface area contributed by atoms with E-state index in [4.69, 9.17) is 5.73 Å². The quantitative estimate of drug-likeness (QED) is 0.860. The lowest BCUT2D eigenvalue weighted by molar-refractivity contribution is -0.128. The Labute approximate surface area is 125 Å². The average Bonchev–Trinajstić information content (AvgIpc) is 2.58. The van der Waals surface area contributed by atoms with Gasteiger partial charge in [-0.1, -0.05) is 0 Å².